The van der Waals surface area contributed by atoms with Gasteiger partial charge < -0.3 is 20.0 Å². The van der Waals surface area contributed by atoms with Gasteiger partial charge in [0.1, 0.15) is 18.4 Å². The van der Waals surface area contributed by atoms with Gasteiger partial charge in [-0.2, -0.15) is 0 Å². The second kappa shape index (κ2) is 5.07. The van der Waals surface area contributed by atoms with Crippen molar-refractivity contribution >= 4 is 17.0 Å². The first-order chi connectivity index (χ1) is 9.34. The van der Waals surface area contributed by atoms with Crippen LogP contribution in [0.2, 0.25) is 0 Å². The van der Waals surface area contributed by atoms with Crippen LogP contribution in [0.4, 0.5) is 5.82 Å². The Bertz CT molecular complexity index is 660. The van der Waals surface area contributed by atoms with Crippen molar-refractivity contribution in [1.82, 2.24) is 19.5 Å². The van der Waals surface area contributed by atoms with E-state index >= 15 is 0 Å². The van der Waals surface area contributed by atoms with Gasteiger partial charge in [0, 0.05) is 0 Å². The molecule has 0 saturated carbocycles. The van der Waals surface area contributed by atoms with Gasteiger partial charge in [0.2, 0.25) is 0 Å². The molecular formula is C12H15N6O+. The standard InChI is InChI=1S/C12H14N6O/c13-11-10-12(16-7-15-11)18(8-17-10)4-3-14-6-9-2-1-5-19-9/h1-2,5,7-8,14H,3-4,6H2,(H2,13,15,16)/p+1. The number of hydrogen-bond acceptors (Lipinski definition) is 5. The average molecular weight is 259 g/mol. The van der Waals surface area contributed by atoms with Gasteiger partial charge in [-0.15, -0.1) is 0 Å². The SMILES string of the molecule is Nc1ncnc2c1ncn2CC[NH2+]Cc1ccco1. The van der Waals surface area contributed by atoms with Crippen molar-refractivity contribution in [3.8, 4) is 0 Å². The number of aromatic nitrogens is 4. The highest BCUT2D eigenvalue weighted by molar-refractivity contribution is 5.80. The van der Waals surface area contributed by atoms with E-state index in [1.807, 2.05) is 16.7 Å². The molecule has 3 aromatic heterocycles. The lowest BCUT2D eigenvalue weighted by molar-refractivity contribution is -0.673. The molecule has 19 heavy (non-hydrogen) atoms. The van der Waals surface area contributed by atoms with Crippen LogP contribution in [0, 0.1) is 0 Å². The molecule has 0 amide bonds. The smallest absolute Gasteiger partial charge is 0.165 e. The number of imidazole rings is 1. The van der Waals surface area contributed by atoms with Gasteiger partial charge in [-0.1, -0.05) is 0 Å². The van der Waals surface area contributed by atoms with Gasteiger partial charge in [-0.25, -0.2) is 15.0 Å². The number of nitrogen functional groups attached to an aromatic ring is 1. The molecule has 0 aliphatic rings. The molecule has 0 saturated heterocycles. The highest BCUT2D eigenvalue weighted by Crippen LogP contribution is 2.13. The Hall–Kier alpha value is -2.41. The molecular weight excluding hydrogens is 244 g/mol. The third-order valence-corrected chi connectivity index (χ3v) is 2.93. The van der Waals surface area contributed by atoms with Crippen molar-refractivity contribution in [1.29, 1.82) is 0 Å². The average Bonchev–Trinajstić information content (AvgIpc) is 3.05. The quantitative estimate of drug-likeness (QED) is 0.616. The number of fused-ring (bicyclic) bond motifs is 1. The van der Waals surface area contributed by atoms with E-state index < -0.39 is 0 Å². The predicted molar refractivity (Wildman–Crippen MR) is 68.9 cm³/mol. The van der Waals surface area contributed by atoms with Crippen molar-refractivity contribution in [3.63, 3.8) is 0 Å². The van der Waals surface area contributed by atoms with E-state index in [1.54, 1.807) is 12.6 Å². The minimum Gasteiger partial charge on any atom is -0.463 e. The van der Waals surface area contributed by atoms with Crippen LogP contribution < -0.4 is 11.1 Å². The molecule has 0 aliphatic carbocycles. The Balaban J connectivity index is 1.61. The van der Waals surface area contributed by atoms with E-state index in [1.165, 1.54) is 6.33 Å². The molecule has 0 fully saturated rings. The molecule has 0 aromatic carbocycles. The normalized spacial score (nSPS) is 11.2. The van der Waals surface area contributed by atoms with Crippen LogP contribution in [-0.4, -0.2) is 26.1 Å². The topological polar surface area (TPSA) is 99.4 Å². The van der Waals surface area contributed by atoms with Crippen LogP contribution >= 0.6 is 0 Å². The van der Waals surface area contributed by atoms with Crippen molar-refractivity contribution in [2.75, 3.05) is 12.3 Å². The first-order valence-electron chi connectivity index (χ1n) is 6.10. The monoisotopic (exact) mass is 259 g/mol. The number of nitrogens with two attached hydrogens (primary N) is 2. The summed E-state index contributed by atoms with van der Waals surface area (Å²) < 4.78 is 7.25. The number of nitrogens with zero attached hydrogens (tertiary/aromatic N) is 4. The van der Waals surface area contributed by atoms with Crippen LogP contribution in [0.15, 0.2) is 35.5 Å². The van der Waals surface area contributed by atoms with Crippen LogP contribution in [0.25, 0.3) is 11.2 Å². The van der Waals surface area contributed by atoms with Gasteiger partial charge in [0.15, 0.2) is 17.2 Å². The summed E-state index contributed by atoms with van der Waals surface area (Å²) in [7, 11) is 0. The van der Waals surface area contributed by atoms with Crippen LogP contribution in [0.1, 0.15) is 5.76 Å². The van der Waals surface area contributed by atoms with Gasteiger partial charge in [-0.05, 0) is 12.1 Å². The number of anilines is 1. The second-order valence-corrected chi connectivity index (χ2v) is 4.23. The molecule has 3 aromatic rings. The largest absolute Gasteiger partial charge is 0.463 e. The summed E-state index contributed by atoms with van der Waals surface area (Å²) in [6.07, 6.45) is 4.89. The van der Waals surface area contributed by atoms with E-state index in [0.29, 0.717) is 11.3 Å². The summed E-state index contributed by atoms with van der Waals surface area (Å²) in [5, 5.41) is 2.18. The minimum atomic E-state index is 0.420. The number of hydrogen-bond donors (Lipinski definition) is 2. The summed E-state index contributed by atoms with van der Waals surface area (Å²) in [6.45, 7) is 2.56. The Labute approximate surface area is 109 Å². The summed E-state index contributed by atoms with van der Waals surface area (Å²) in [5.74, 6) is 1.39. The maximum atomic E-state index is 5.74. The van der Waals surface area contributed by atoms with E-state index in [-0.39, 0.29) is 0 Å². The third kappa shape index (κ3) is 2.41. The Morgan fingerprint density at radius 1 is 1.32 bits per heavy atom. The lowest BCUT2D eigenvalue weighted by atomic mass is 10.4. The lowest BCUT2D eigenvalue weighted by Gasteiger charge is -2.02. The Kier molecular flexibility index (Phi) is 3.11. The van der Waals surface area contributed by atoms with Crippen molar-refractivity contribution in [2.24, 2.45) is 0 Å². The first-order valence-corrected chi connectivity index (χ1v) is 6.10. The minimum absolute atomic E-state index is 0.420. The molecule has 0 radical (unpaired) electrons. The van der Waals surface area contributed by atoms with Crippen molar-refractivity contribution in [3.05, 3.63) is 36.8 Å². The fourth-order valence-corrected chi connectivity index (χ4v) is 1.97. The van der Waals surface area contributed by atoms with Gasteiger partial charge in [0.25, 0.3) is 0 Å². The number of rotatable bonds is 5. The molecule has 0 unspecified atom stereocenters. The van der Waals surface area contributed by atoms with Crippen LogP contribution in [-0.2, 0) is 13.1 Å². The van der Waals surface area contributed by atoms with Crippen LogP contribution in [0.5, 0.6) is 0 Å². The molecule has 0 spiro atoms. The summed E-state index contributed by atoms with van der Waals surface area (Å²) in [5.41, 5.74) is 7.18. The molecule has 3 heterocycles. The fraction of sp³-hybridized carbons (Fsp3) is 0.250. The summed E-state index contributed by atoms with van der Waals surface area (Å²) >= 11 is 0. The molecule has 3 rings (SSSR count). The fourth-order valence-electron chi connectivity index (χ4n) is 1.97. The zero-order chi connectivity index (χ0) is 13.1. The number of quaternary nitrogens is 1. The van der Waals surface area contributed by atoms with Gasteiger partial charge in [-0.3, -0.25) is 0 Å². The zero-order valence-corrected chi connectivity index (χ0v) is 10.4. The molecule has 4 N–H and O–H groups in total. The summed E-state index contributed by atoms with van der Waals surface area (Å²) in [6, 6.07) is 3.86. The zero-order valence-electron chi connectivity index (χ0n) is 10.4. The van der Waals surface area contributed by atoms with Gasteiger partial charge >= 0.3 is 0 Å². The summed E-state index contributed by atoms with van der Waals surface area (Å²) in [4.78, 5) is 12.4. The maximum Gasteiger partial charge on any atom is 0.165 e. The Morgan fingerprint density at radius 3 is 3.11 bits per heavy atom. The van der Waals surface area contributed by atoms with Crippen LogP contribution in [0.3, 0.4) is 0 Å². The molecule has 0 bridgehead atoms. The molecule has 98 valence electrons. The van der Waals surface area contributed by atoms with E-state index in [9.17, 15) is 0 Å². The highest BCUT2D eigenvalue weighted by Gasteiger charge is 2.07. The second-order valence-electron chi connectivity index (χ2n) is 4.23. The first kappa shape index (κ1) is 11.7. The predicted octanol–water partition coefficient (Wildman–Crippen LogP) is -0.235. The Morgan fingerprint density at radius 2 is 2.26 bits per heavy atom. The highest BCUT2D eigenvalue weighted by atomic mass is 16.3. The van der Waals surface area contributed by atoms with Crippen molar-refractivity contribution in [2.45, 2.75) is 13.1 Å². The van der Waals surface area contributed by atoms with Crippen molar-refractivity contribution < 1.29 is 9.73 Å². The third-order valence-electron chi connectivity index (χ3n) is 2.93. The van der Waals surface area contributed by atoms with E-state index in [0.717, 1.165) is 31.0 Å². The molecule has 7 nitrogen and oxygen atoms in total. The number of furan rings is 1. The molecule has 0 aliphatic heterocycles. The van der Waals surface area contributed by atoms with E-state index in [2.05, 4.69) is 20.3 Å². The maximum absolute atomic E-state index is 5.74. The van der Waals surface area contributed by atoms with E-state index in [4.69, 9.17) is 10.2 Å². The molecule has 0 atom stereocenters. The van der Waals surface area contributed by atoms with Gasteiger partial charge in [0.05, 0.1) is 25.7 Å². The lowest BCUT2D eigenvalue weighted by Crippen LogP contribution is -2.83. The molecule has 7 heteroatoms.